The van der Waals surface area contributed by atoms with Gasteiger partial charge in [0.2, 0.25) is 5.91 Å². The molecule has 1 heterocycles. The second-order valence-corrected chi connectivity index (χ2v) is 5.52. The van der Waals surface area contributed by atoms with Gasteiger partial charge >= 0.3 is 0 Å². The Labute approximate surface area is 128 Å². The zero-order valence-corrected chi connectivity index (χ0v) is 13.5. The Morgan fingerprint density at radius 3 is 2.33 bits per heavy atom. The Kier molecular flexibility index (Phi) is 8.82. The number of nitrogens with two attached hydrogens (primary N) is 1. The van der Waals surface area contributed by atoms with E-state index < -0.39 is 0 Å². The summed E-state index contributed by atoms with van der Waals surface area (Å²) in [6.45, 7) is 9.87. The van der Waals surface area contributed by atoms with Crippen LogP contribution in [0.25, 0.3) is 0 Å². The molecule has 21 heavy (non-hydrogen) atoms. The second-order valence-electron chi connectivity index (χ2n) is 5.52. The molecular weight excluding hydrogens is 266 g/mol. The van der Waals surface area contributed by atoms with Crippen molar-refractivity contribution in [2.45, 2.75) is 39.5 Å². The molecule has 0 aromatic rings. The van der Waals surface area contributed by atoms with Crippen LogP contribution in [0.4, 0.5) is 0 Å². The highest BCUT2D eigenvalue weighted by molar-refractivity contribution is 5.79. The number of unbranched alkanes of at least 4 members (excludes halogenated alkanes) is 1. The van der Waals surface area contributed by atoms with Crippen LogP contribution in [0.5, 0.6) is 0 Å². The average molecular weight is 297 g/mol. The summed E-state index contributed by atoms with van der Waals surface area (Å²) in [4.78, 5) is 18.1. The minimum absolute atomic E-state index is 0.0913. The maximum absolute atomic E-state index is 11.1. The number of piperidine rings is 1. The number of nitrogens with zero attached hydrogens (tertiary/aromatic N) is 2. The van der Waals surface area contributed by atoms with E-state index in [4.69, 9.17) is 5.73 Å². The lowest BCUT2D eigenvalue weighted by Gasteiger charge is -2.30. The van der Waals surface area contributed by atoms with E-state index in [-0.39, 0.29) is 11.8 Å². The standard InChI is InChI=1S/C15H31N5O/c1-3-17-15(18-4-2)19-9-5-6-10-20-11-7-13(8-12-20)14(16)21/h13H,3-12H2,1-2H3,(H2,16,21)(H2,17,18,19). The number of carbonyl (C=O) groups excluding carboxylic acids is 1. The highest BCUT2D eigenvalue weighted by Gasteiger charge is 2.22. The zero-order valence-electron chi connectivity index (χ0n) is 13.5. The number of nitrogens with one attached hydrogen (secondary N) is 2. The first-order chi connectivity index (χ1) is 10.2. The van der Waals surface area contributed by atoms with Gasteiger partial charge in [-0.25, -0.2) is 0 Å². The Bertz CT molecular complexity index is 316. The normalized spacial score (nSPS) is 16.5. The molecule has 0 aromatic carbocycles. The Morgan fingerprint density at radius 1 is 1.19 bits per heavy atom. The van der Waals surface area contributed by atoms with Crippen LogP contribution >= 0.6 is 0 Å². The molecule has 0 atom stereocenters. The predicted molar refractivity (Wildman–Crippen MR) is 87.2 cm³/mol. The molecule has 0 spiro atoms. The number of amides is 1. The third-order valence-electron chi connectivity index (χ3n) is 3.83. The van der Waals surface area contributed by atoms with Crippen LogP contribution < -0.4 is 16.4 Å². The number of likely N-dealkylation sites (tertiary alicyclic amines) is 1. The Hall–Kier alpha value is -1.30. The van der Waals surface area contributed by atoms with Gasteiger partial charge < -0.3 is 21.3 Å². The minimum atomic E-state index is -0.136. The van der Waals surface area contributed by atoms with E-state index in [0.717, 1.165) is 70.9 Å². The maximum atomic E-state index is 11.1. The molecule has 0 radical (unpaired) electrons. The Balaban J connectivity index is 2.11. The van der Waals surface area contributed by atoms with Gasteiger partial charge in [-0.2, -0.15) is 0 Å². The summed E-state index contributed by atoms with van der Waals surface area (Å²) in [6.07, 6.45) is 4.07. The lowest BCUT2D eigenvalue weighted by atomic mass is 9.96. The summed E-state index contributed by atoms with van der Waals surface area (Å²) in [5.41, 5.74) is 5.35. The summed E-state index contributed by atoms with van der Waals surface area (Å²) in [5.74, 6) is 0.860. The summed E-state index contributed by atoms with van der Waals surface area (Å²) < 4.78 is 0. The van der Waals surface area contributed by atoms with Crippen LogP contribution in [-0.2, 0) is 4.79 Å². The molecule has 1 aliphatic heterocycles. The fourth-order valence-electron chi connectivity index (χ4n) is 2.59. The third kappa shape index (κ3) is 7.32. The molecular formula is C15H31N5O. The Morgan fingerprint density at radius 2 is 1.81 bits per heavy atom. The lowest BCUT2D eigenvalue weighted by Crippen LogP contribution is -2.39. The van der Waals surface area contributed by atoms with E-state index in [1.54, 1.807) is 0 Å². The van der Waals surface area contributed by atoms with E-state index in [9.17, 15) is 4.79 Å². The smallest absolute Gasteiger partial charge is 0.220 e. The molecule has 0 aliphatic carbocycles. The van der Waals surface area contributed by atoms with Gasteiger partial charge in [-0.1, -0.05) is 0 Å². The number of hydrogen-bond acceptors (Lipinski definition) is 3. The maximum Gasteiger partial charge on any atom is 0.220 e. The number of guanidine groups is 1. The van der Waals surface area contributed by atoms with Gasteiger partial charge in [-0.3, -0.25) is 9.79 Å². The molecule has 0 aromatic heterocycles. The van der Waals surface area contributed by atoms with Gasteiger partial charge in [0, 0.05) is 25.6 Å². The lowest BCUT2D eigenvalue weighted by molar-refractivity contribution is -0.123. The molecule has 1 rings (SSSR count). The van der Waals surface area contributed by atoms with Crippen LogP contribution in [0, 0.1) is 5.92 Å². The average Bonchev–Trinajstić information content (AvgIpc) is 2.47. The first kappa shape index (κ1) is 17.8. The molecule has 1 fully saturated rings. The monoisotopic (exact) mass is 297 g/mol. The summed E-state index contributed by atoms with van der Waals surface area (Å²) in [5, 5.41) is 6.45. The molecule has 1 aliphatic rings. The number of primary amides is 1. The fraction of sp³-hybridized carbons (Fsp3) is 0.867. The molecule has 0 saturated carbocycles. The van der Waals surface area contributed by atoms with Gasteiger partial charge in [0.05, 0.1) is 0 Å². The number of aliphatic imine (C=N–C) groups is 1. The van der Waals surface area contributed by atoms with Crippen LogP contribution in [-0.4, -0.2) is 56.0 Å². The van der Waals surface area contributed by atoms with Crippen LogP contribution in [0.1, 0.15) is 39.5 Å². The molecule has 6 nitrogen and oxygen atoms in total. The molecule has 6 heteroatoms. The van der Waals surface area contributed by atoms with Crippen molar-refractivity contribution in [2.24, 2.45) is 16.6 Å². The second kappa shape index (κ2) is 10.4. The highest BCUT2D eigenvalue weighted by atomic mass is 16.1. The van der Waals surface area contributed by atoms with E-state index >= 15 is 0 Å². The summed E-state index contributed by atoms with van der Waals surface area (Å²) >= 11 is 0. The van der Waals surface area contributed by atoms with Gasteiger partial charge in [-0.05, 0) is 59.2 Å². The van der Waals surface area contributed by atoms with Crippen molar-refractivity contribution >= 4 is 11.9 Å². The van der Waals surface area contributed by atoms with Crippen molar-refractivity contribution in [1.82, 2.24) is 15.5 Å². The predicted octanol–water partition coefficient (Wildman–Crippen LogP) is 0.539. The first-order valence-corrected chi connectivity index (χ1v) is 8.21. The van der Waals surface area contributed by atoms with Crippen molar-refractivity contribution < 1.29 is 4.79 Å². The minimum Gasteiger partial charge on any atom is -0.369 e. The van der Waals surface area contributed by atoms with E-state index in [1.165, 1.54) is 0 Å². The van der Waals surface area contributed by atoms with Crippen molar-refractivity contribution in [1.29, 1.82) is 0 Å². The number of rotatable bonds is 8. The summed E-state index contributed by atoms with van der Waals surface area (Å²) in [6, 6.07) is 0. The van der Waals surface area contributed by atoms with Crippen molar-refractivity contribution in [3.8, 4) is 0 Å². The third-order valence-corrected chi connectivity index (χ3v) is 3.83. The van der Waals surface area contributed by atoms with Crippen LogP contribution in [0.3, 0.4) is 0 Å². The van der Waals surface area contributed by atoms with Crippen LogP contribution in [0.15, 0.2) is 4.99 Å². The molecule has 0 bridgehead atoms. The van der Waals surface area contributed by atoms with Gasteiger partial charge in [0.25, 0.3) is 0 Å². The number of carbonyl (C=O) groups is 1. The van der Waals surface area contributed by atoms with Crippen molar-refractivity contribution in [3.63, 3.8) is 0 Å². The van der Waals surface area contributed by atoms with Gasteiger partial charge in [0.15, 0.2) is 5.96 Å². The van der Waals surface area contributed by atoms with Gasteiger partial charge in [0.1, 0.15) is 0 Å². The molecule has 122 valence electrons. The van der Waals surface area contributed by atoms with Gasteiger partial charge in [-0.15, -0.1) is 0 Å². The summed E-state index contributed by atoms with van der Waals surface area (Å²) in [7, 11) is 0. The fourth-order valence-corrected chi connectivity index (χ4v) is 2.59. The van der Waals surface area contributed by atoms with Crippen molar-refractivity contribution in [2.75, 3.05) is 39.3 Å². The van der Waals surface area contributed by atoms with E-state index in [0.29, 0.717) is 0 Å². The van der Waals surface area contributed by atoms with E-state index in [2.05, 4.69) is 34.4 Å². The van der Waals surface area contributed by atoms with Crippen molar-refractivity contribution in [3.05, 3.63) is 0 Å². The molecule has 1 amide bonds. The SMILES string of the molecule is CCNC(=NCCCCN1CCC(C(N)=O)CC1)NCC. The molecule has 0 unspecified atom stereocenters. The first-order valence-electron chi connectivity index (χ1n) is 8.21. The number of hydrogen-bond donors (Lipinski definition) is 3. The zero-order chi connectivity index (χ0) is 15.5. The quantitative estimate of drug-likeness (QED) is 0.347. The van der Waals surface area contributed by atoms with Crippen LogP contribution in [0.2, 0.25) is 0 Å². The topological polar surface area (TPSA) is 82.8 Å². The largest absolute Gasteiger partial charge is 0.369 e. The molecule has 4 N–H and O–H groups in total. The highest BCUT2D eigenvalue weighted by Crippen LogP contribution is 2.16. The molecule has 1 saturated heterocycles. The van der Waals surface area contributed by atoms with E-state index in [1.807, 2.05) is 0 Å².